The van der Waals surface area contributed by atoms with Crippen molar-refractivity contribution in [1.82, 2.24) is 20.2 Å². The van der Waals surface area contributed by atoms with Crippen molar-refractivity contribution in [3.63, 3.8) is 0 Å². The summed E-state index contributed by atoms with van der Waals surface area (Å²) in [6, 6.07) is 10.2. The predicted molar refractivity (Wildman–Crippen MR) is 93.0 cm³/mol. The minimum atomic E-state index is -0.000673. The highest BCUT2D eigenvalue weighted by atomic mass is 16.5. The molecule has 0 aromatic heterocycles. The molecule has 2 heterocycles. The number of hydrazine groups is 1. The minimum Gasteiger partial charge on any atom is -0.378 e. The van der Waals surface area contributed by atoms with E-state index < -0.39 is 0 Å². The fourth-order valence-corrected chi connectivity index (χ4v) is 3.16. The SMILES string of the molecule is CN1CC(N2CCOCC2)=C(C(=O)NCCc2ccccc2)N1C. The molecule has 0 saturated carbocycles. The number of ether oxygens (including phenoxy) is 1. The molecule has 24 heavy (non-hydrogen) atoms. The van der Waals surface area contributed by atoms with Crippen LogP contribution in [0.3, 0.4) is 0 Å². The van der Waals surface area contributed by atoms with E-state index in [0.717, 1.165) is 50.7 Å². The number of hydrogen-bond donors (Lipinski definition) is 1. The van der Waals surface area contributed by atoms with Gasteiger partial charge in [0.15, 0.2) is 0 Å². The van der Waals surface area contributed by atoms with E-state index in [4.69, 9.17) is 4.74 Å². The first kappa shape index (κ1) is 16.8. The molecule has 3 rings (SSSR count). The van der Waals surface area contributed by atoms with E-state index in [1.54, 1.807) is 0 Å². The predicted octanol–water partition coefficient (Wildman–Crippen LogP) is 0.681. The Morgan fingerprint density at radius 1 is 1.17 bits per heavy atom. The van der Waals surface area contributed by atoms with Gasteiger partial charge in [-0.3, -0.25) is 4.79 Å². The highest BCUT2D eigenvalue weighted by Crippen LogP contribution is 2.24. The normalized spacial score (nSPS) is 19.1. The van der Waals surface area contributed by atoms with Crippen LogP contribution in [0.15, 0.2) is 41.7 Å². The summed E-state index contributed by atoms with van der Waals surface area (Å²) in [5, 5.41) is 7.08. The van der Waals surface area contributed by atoms with Gasteiger partial charge in [0, 0.05) is 33.7 Å². The van der Waals surface area contributed by atoms with Crippen molar-refractivity contribution in [2.45, 2.75) is 6.42 Å². The highest BCUT2D eigenvalue weighted by Gasteiger charge is 2.32. The van der Waals surface area contributed by atoms with Crippen LogP contribution in [0.25, 0.3) is 0 Å². The number of carbonyl (C=O) groups is 1. The second kappa shape index (κ2) is 7.68. The van der Waals surface area contributed by atoms with Crippen molar-refractivity contribution in [3.8, 4) is 0 Å². The molecule has 1 N–H and O–H groups in total. The molecule has 1 aromatic carbocycles. The Labute approximate surface area is 143 Å². The van der Waals surface area contributed by atoms with E-state index in [-0.39, 0.29) is 5.91 Å². The number of carbonyl (C=O) groups excluding carboxylic acids is 1. The first-order valence-corrected chi connectivity index (χ1v) is 8.49. The largest absolute Gasteiger partial charge is 0.378 e. The van der Waals surface area contributed by atoms with E-state index in [1.807, 2.05) is 37.3 Å². The lowest BCUT2D eigenvalue weighted by Crippen LogP contribution is -2.39. The summed E-state index contributed by atoms with van der Waals surface area (Å²) in [6.45, 7) is 4.54. The van der Waals surface area contributed by atoms with Crippen molar-refractivity contribution in [3.05, 3.63) is 47.3 Å². The molecule has 1 aromatic rings. The Hall–Kier alpha value is -2.05. The molecule has 1 saturated heterocycles. The van der Waals surface area contributed by atoms with Gasteiger partial charge in [-0.15, -0.1) is 0 Å². The molecule has 1 fully saturated rings. The standard InChI is InChI=1S/C18H26N4O2/c1-20-14-16(22-10-12-24-13-11-22)17(21(20)2)18(23)19-9-8-15-6-4-3-5-7-15/h3-7H,8-14H2,1-2H3,(H,19,23). The summed E-state index contributed by atoms with van der Waals surface area (Å²) in [7, 11) is 3.95. The maximum atomic E-state index is 12.7. The van der Waals surface area contributed by atoms with Crippen molar-refractivity contribution >= 4 is 5.91 Å². The first-order chi connectivity index (χ1) is 11.7. The molecule has 0 unspecified atom stereocenters. The Balaban J connectivity index is 1.65. The van der Waals surface area contributed by atoms with Crippen LogP contribution in [0.4, 0.5) is 0 Å². The smallest absolute Gasteiger partial charge is 0.270 e. The van der Waals surface area contributed by atoms with Gasteiger partial charge in [-0.2, -0.15) is 0 Å². The molecule has 0 bridgehead atoms. The van der Waals surface area contributed by atoms with Crippen LogP contribution in [-0.2, 0) is 16.0 Å². The third kappa shape index (κ3) is 3.71. The summed E-state index contributed by atoms with van der Waals surface area (Å²) in [6.07, 6.45) is 0.840. The van der Waals surface area contributed by atoms with Crippen LogP contribution < -0.4 is 5.32 Å². The number of rotatable bonds is 5. The maximum Gasteiger partial charge on any atom is 0.270 e. The molecule has 0 radical (unpaired) electrons. The summed E-state index contributed by atoms with van der Waals surface area (Å²) < 4.78 is 5.43. The third-order valence-corrected chi connectivity index (χ3v) is 4.64. The summed E-state index contributed by atoms with van der Waals surface area (Å²) >= 11 is 0. The second-order valence-corrected chi connectivity index (χ2v) is 6.23. The average molecular weight is 330 g/mol. The van der Waals surface area contributed by atoms with Crippen molar-refractivity contribution in [2.75, 3.05) is 53.5 Å². The lowest BCUT2D eigenvalue weighted by atomic mass is 10.1. The molecule has 0 spiro atoms. The van der Waals surface area contributed by atoms with Crippen molar-refractivity contribution < 1.29 is 9.53 Å². The summed E-state index contributed by atoms with van der Waals surface area (Å²) in [4.78, 5) is 15.0. The zero-order valence-corrected chi connectivity index (χ0v) is 14.5. The maximum absolute atomic E-state index is 12.7. The lowest BCUT2D eigenvalue weighted by Gasteiger charge is -2.30. The van der Waals surface area contributed by atoms with Gasteiger partial charge in [0.2, 0.25) is 0 Å². The van der Waals surface area contributed by atoms with Crippen molar-refractivity contribution in [2.24, 2.45) is 0 Å². The summed E-state index contributed by atoms with van der Waals surface area (Å²) in [5.41, 5.74) is 3.09. The number of benzene rings is 1. The number of likely N-dealkylation sites (N-methyl/N-ethyl adjacent to an activating group) is 2. The van der Waals surface area contributed by atoms with E-state index in [2.05, 4.69) is 27.4 Å². The topological polar surface area (TPSA) is 48.1 Å². The van der Waals surface area contributed by atoms with E-state index >= 15 is 0 Å². The first-order valence-electron chi connectivity index (χ1n) is 8.49. The van der Waals surface area contributed by atoms with Crippen LogP contribution in [0, 0.1) is 0 Å². The lowest BCUT2D eigenvalue weighted by molar-refractivity contribution is -0.120. The number of morpholine rings is 1. The number of amides is 1. The van der Waals surface area contributed by atoms with Gasteiger partial charge in [0.1, 0.15) is 5.70 Å². The monoisotopic (exact) mass is 330 g/mol. The Kier molecular flexibility index (Phi) is 5.37. The van der Waals surface area contributed by atoms with Gasteiger partial charge in [0.05, 0.1) is 25.5 Å². The molecule has 6 nitrogen and oxygen atoms in total. The molecule has 2 aliphatic rings. The van der Waals surface area contributed by atoms with Crippen LogP contribution >= 0.6 is 0 Å². The van der Waals surface area contributed by atoms with Gasteiger partial charge in [-0.05, 0) is 12.0 Å². The van der Waals surface area contributed by atoms with Gasteiger partial charge in [-0.25, -0.2) is 5.01 Å². The summed E-state index contributed by atoms with van der Waals surface area (Å²) in [5.74, 6) is -0.000673. The highest BCUT2D eigenvalue weighted by molar-refractivity contribution is 5.93. The third-order valence-electron chi connectivity index (χ3n) is 4.64. The fraction of sp³-hybridized carbons (Fsp3) is 0.500. The molecular formula is C18H26N4O2. The Morgan fingerprint density at radius 3 is 2.58 bits per heavy atom. The van der Waals surface area contributed by atoms with Gasteiger partial charge < -0.3 is 20.0 Å². The quantitative estimate of drug-likeness (QED) is 0.860. The zero-order chi connectivity index (χ0) is 16.9. The Bertz CT molecular complexity index is 596. The number of nitrogens with one attached hydrogen (secondary N) is 1. The molecular weight excluding hydrogens is 304 g/mol. The zero-order valence-electron chi connectivity index (χ0n) is 14.5. The van der Waals surface area contributed by atoms with E-state index in [1.165, 1.54) is 5.56 Å². The van der Waals surface area contributed by atoms with Crippen LogP contribution in [-0.4, -0.2) is 74.3 Å². The molecule has 130 valence electrons. The van der Waals surface area contributed by atoms with Crippen LogP contribution in [0.1, 0.15) is 5.56 Å². The van der Waals surface area contributed by atoms with E-state index in [9.17, 15) is 4.79 Å². The molecule has 1 amide bonds. The molecule has 0 aliphatic carbocycles. The van der Waals surface area contributed by atoms with Gasteiger partial charge in [0.25, 0.3) is 5.91 Å². The average Bonchev–Trinajstić information content (AvgIpc) is 2.92. The number of hydrogen-bond acceptors (Lipinski definition) is 5. The van der Waals surface area contributed by atoms with Gasteiger partial charge >= 0.3 is 0 Å². The van der Waals surface area contributed by atoms with Gasteiger partial charge in [-0.1, -0.05) is 30.3 Å². The molecule has 2 aliphatic heterocycles. The van der Waals surface area contributed by atoms with Crippen molar-refractivity contribution in [1.29, 1.82) is 0 Å². The molecule has 0 atom stereocenters. The fourth-order valence-electron chi connectivity index (χ4n) is 3.16. The van der Waals surface area contributed by atoms with Crippen LogP contribution in [0.2, 0.25) is 0 Å². The number of nitrogens with zero attached hydrogens (tertiary/aromatic N) is 3. The molecule has 6 heteroatoms. The minimum absolute atomic E-state index is 0.000673. The van der Waals surface area contributed by atoms with E-state index in [0.29, 0.717) is 6.54 Å². The Morgan fingerprint density at radius 2 is 1.88 bits per heavy atom. The second-order valence-electron chi connectivity index (χ2n) is 6.23. The van der Waals surface area contributed by atoms with Crippen LogP contribution in [0.5, 0.6) is 0 Å².